The summed E-state index contributed by atoms with van der Waals surface area (Å²) in [7, 11) is 3.03. The Morgan fingerprint density at radius 3 is 2.75 bits per heavy atom. The van der Waals surface area contributed by atoms with Gasteiger partial charge >= 0.3 is 11.7 Å². The van der Waals surface area contributed by atoms with E-state index in [9.17, 15) is 4.79 Å². The van der Waals surface area contributed by atoms with Crippen molar-refractivity contribution in [2.24, 2.45) is 7.05 Å². The monoisotopic (exact) mass is 284 g/mol. The van der Waals surface area contributed by atoms with E-state index >= 15 is 0 Å². The summed E-state index contributed by atoms with van der Waals surface area (Å²) < 4.78 is 8.28. The van der Waals surface area contributed by atoms with Crippen molar-refractivity contribution >= 4 is 15.9 Å². The van der Waals surface area contributed by atoms with Crippen LogP contribution in [-0.4, -0.2) is 26.4 Å². The van der Waals surface area contributed by atoms with E-state index in [0.717, 1.165) is 0 Å². The molecule has 0 saturated carbocycles. The molecule has 2 aromatic rings. The highest BCUT2D eigenvalue weighted by Crippen LogP contribution is 2.13. The number of methoxy groups -OCH3 is 1. The van der Waals surface area contributed by atoms with Crippen molar-refractivity contribution in [1.29, 1.82) is 0 Å². The molecule has 0 fully saturated rings. The van der Waals surface area contributed by atoms with Crippen molar-refractivity contribution in [3.63, 3.8) is 0 Å². The second-order valence-electron chi connectivity index (χ2n) is 3.07. The minimum atomic E-state index is -0.277. The fraction of sp³-hybridized carbons (Fsp3) is 0.222. The third-order valence-electron chi connectivity index (χ3n) is 2.05. The number of aromatic nitrogens is 4. The minimum Gasteiger partial charge on any atom is -0.467 e. The first-order chi connectivity index (χ1) is 7.63. The van der Waals surface area contributed by atoms with E-state index in [1.807, 2.05) is 0 Å². The number of hydrogen-bond donors (Lipinski definition) is 0. The third-order valence-corrected chi connectivity index (χ3v) is 2.52. The highest BCUT2D eigenvalue weighted by molar-refractivity contribution is 9.10. The van der Waals surface area contributed by atoms with Crippen LogP contribution >= 0.6 is 15.9 Å². The van der Waals surface area contributed by atoms with Gasteiger partial charge in [-0.05, 0) is 28.1 Å². The Kier molecular flexibility index (Phi) is 2.78. The van der Waals surface area contributed by atoms with Gasteiger partial charge in [0, 0.05) is 7.05 Å². The maximum absolute atomic E-state index is 11.8. The molecule has 0 unspecified atom stereocenters. The van der Waals surface area contributed by atoms with Crippen LogP contribution in [0.1, 0.15) is 0 Å². The predicted molar refractivity (Wildman–Crippen MR) is 60.9 cm³/mol. The average molecular weight is 285 g/mol. The lowest BCUT2D eigenvalue weighted by Gasteiger charge is -2.02. The molecule has 0 aliphatic heterocycles. The lowest BCUT2D eigenvalue weighted by molar-refractivity contribution is 0.368. The third kappa shape index (κ3) is 1.73. The van der Waals surface area contributed by atoms with E-state index in [1.54, 1.807) is 25.4 Å². The molecule has 84 valence electrons. The summed E-state index contributed by atoms with van der Waals surface area (Å²) in [5, 5.41) is 3.93. The quantitative estimate of drug-likeness (QED) is 0.763. The lowest BCUT2D eigenvalue weighted by Crippen LogP contribution is -2.21. The first-order valence-corrected chi connectivity index (χ1v) is 5.24. The van der Waals surface area contributed by atoms with Crippen LogP contribution in [0.3, 0.4) is 0 Å². The van der Waals surface area contributed by atoms with Gasteiger partial charge in [0.15, 0.2) is 0 Å². The smallest absolute Gasteiger partial charge is 0.353 e. The van der Waals surface area contributed by atoms with Crippen molar-refractivity contribution in [1.82, 2.24) is 19.3 Å². The van der Waals surface area contributed by atoms with Crippen LogP contribution in [0.15, 0.2) is 27.7 Å². The molecule has 7 heteroatoms. The number of halogens is 1. The van der Waals surface area contributed by atoms with Crippen LogP contribution in [-0.2, 0) is 7.05 Å². The molecule has 0 bridgehead atoms. The topological polar surface area (TPSA) is 61.9 Å². The van der Waals surface area contributed by atoms with Crippen molar-refractivity contribution in [3.8, 4) is 11.7 Å². The molecule has 0 radical (unpaired) electrons. The lowest BCUT2D eigenvalue weighted by atomic mass is 10.4. The maximum atomic E-state index is 11.8. The van der Waals surface area contributed by atoms with Gasteiger partial charge in [0.05, 0.1) is 19.0 Å². The molecule has 0 aliphatic carbocycles. The molecule has 0 amide bonds. The summed E-state index contributed by atoms with van der Waals surface area (Å²) >= 11 is 3.23. The van der Waals surface area contributed by atoms with Crippen molar-refractivity contribution < 1.29 is 4.74 Å². The fourth-order valence-corrected chi connectivity index (χ4v) is 1.53. The molecule has 6 nitrogen and oxygen atoms in total. The van der Waals surface area contributed by atoms with Gasteiger partial charge in [0.1, 0.15) is 4.60 Å². The normalized spacial score (nSPS) is 10.4. The zero-order valence-corrected chi connectivity index (χ0v) is 10.3. The number of ether oxygens (including phenoxy) is 1. The summed E-state index contributed by atoms with van der Waals surface area (Å²) in [6.07, 6.45) is 1.57. The highest BCUT2D eigenvalue weighted by Gasteiger charge is 2.13. The van der Waals surface area contributed by atoms with Crippen LogP contribution in [0.2, 0.25) is 0 Å². The Morgan fingerprint density at radius 1 is 1.44 bits per heavy atom. The molecule has 16 heavy (non-hydrogen) atoms. The van der Waals surface area contributed by atoms with Crippen LogP contribution in [0.5, 0.6) is 6.01 Å². The standard InChI is InChI=1S/C9H9BrN4O2/c1-13-9(15)14(8(12-13)16-2)6-3-4-7(10)11-5-6/h3-5H,1-2H3. The van der Waals surface area contributed by atoms with Crippen LogP contribution < -0.4 is 10.4 Å². The molecule has 2 heterocycles. The second kappa shape index (κ2) is 4.09. The largest absolute Gasteiger partial charge is 0.467 e. The van der Waals surface area contributed by atoms with Gasteiger partial charge in [-0.2, -0.15) is 0 Å². The van der Waals surface area contributed by atoms with Gasteiger partial charge in [0.25, 0.3) is 0 Å². The molecule has 2 rings (SSSR count). The van der Waals surface area contributed by atoms with Crippen LogP contribution in [0, 0.1) is 0 Å². The molecule has 0 saturated heterocycles. The van der Waals surface area contributed by atoms with Gasteiger partial charge in [-0.3, -0.25) is 0 Å². The number of nitrogens with zero attached hydrogens (tertiary/aromatic N) is 4. The van der Waals surface area contributed by atoms with E-state index in [1.165, 1.54) is 16.4 Å². The first-order valence-electron chi connectivity index (χ1n) is 4.45. The molecule has 0 atom stereocenters. The molecule has 2 aromatic heterocycles. The summed E-state index contributed by atoms with van der Waals surface area (Å²) in [5.41, 5.74) is 0.333. The highest BCUT2D eigenvalue weighted by atomic mass is 79.9. The molecule has 0 spiro atoms. The predicted octanol–water partition coefficient (Wildman–Crippen LogP) is 0.737. The van der Waals surface area contributed by atoms with Crippen molar-refractivity contribution in [3.05, 3.63) is 33.4 Å². The molecular formula is C9H9BrN4O2. The van der Waals surface area contributed by atoms with Crippen LogP contribution in [0.4, 0.5) is 0 Å². The summed E-state index contributed by atoms with van der Waals surface area (Å²) in [6.45, 7) is 0. The number of rotatable bonds is 2. The van der Waals surface area contributed by atoms with E-state index in [0.29, 0.717) is 10.3 Å². The molecule has 0 aliphatic rings. The summed E-state index contributed by atoms with van der Waals surface area (Å²) in [4.78, 5) is 15.8. The number of aryl methyl sites for hydroxylation is 1. The Labute approximate surface area is 99.6 Å². The Bertz CT molecular complexity index is 558. The Hall–Kier alpha value is -1.63. The van der Waals surface area contributed by atoms with Gasteiger partial charge < -0.3 is 4.74 Å². The van der Waals surface area contributed by atoms with E-state index in [-0.39, 0.29) is 11.7 Å². The fourth-order valence-electron chi connectivity index (χ4n) is 1.30. The van der Waals surface area contributed by atoms with E-state index in [2.05, 4.69) is 26.0 Å². The Morgan fingerprint density at radius 2 is 2.19 bits per heavy atom. The van der Waals surface area contributed by atoms with Gasteiger partial charge in [0.2, 0.25) is 0 Å². The van der Waals surface area contributed by atoms with Crippen molar-refractivity contribution in [2.75, 3.05) is 7.11 Å². The average Bonchev–Trinajstić information content (AvgIpc) is 2.57. The van der Waals surface area contributed by atoms with Gasteiger partial charge in [-0.15, -0.1) is 5.10 Å². The number of hydrogen-bond acceptors (Lipinski definition) is 4. The van der Waals surface area contributed by atoms with E-state index < -0.39 is 0 Å². The number of pyridine rings is 1. The summed E-state index contributed by atoms with van der Waals surface area (Å²) in [5.74, 6) is 0. The first kappa shape index (κ1) is 10.9. The maximum Gasteiger partial charge on any atom is 0.353 e. The molecular weight excluding hydrogens is 276 g/mol. The molecule has 0 N–H and O–H groups in total. The zero-order valence-electron chi connectivity index (χ0n) is 8.72. The second-order valence-corrected chi connectivity index (χ2v) is 3.88. The molecule has 0 aromatic carbocycles. The van der Waals surface area contributed by atoms with Gasteiger partial charge in [-0.25, -0.2) is 19.0 Å². The minimum absolute atomic E-state index is 0.233. The van der Waals surface area contributed by atoms with Crippen molar-refractivity contribution in [2.45, 2.75) is 0 Å². The SMILES string of the molecule is COc1nn(C)c(=O)n1-c1ccc(Br)nc1. The van der Waals surface area contributed by atoms with Crippen LogP contribution in [0.25, 0.3) is 5.69 Å². The van der Waals surface area contributed by atoms with Gasteiger partial charge in [-0.1, -0.05) is 0 Å². The zero-order chi connectivity index (χ0) is 11.7. The Balaban J connectivity index is 2.63. The van der Waals surface area contributed by atoms with E-state index in [4.69, 9.17) is 4.74 Å². The summed E-state index contributed by atoms with van der Waals surface area (Å²) in [6, 6.07) is 3.73.